The summed E-state index contributed by atoms with van der Waals surface area (Å²) in [5, 5.41) is 13.5. The molecule has 55 heavy (non-hydrogen) atoms. The van der Waals surface area contributed by atoms with Crippen LogP contribution >= 0.6 is 7.82 Å². The van der Waals surface area contributed by atoms with Gasteiger partial charge in [0.15, 0.2) is 0 Å². The van der Waals surface area contributed by atoms with Gasteiger partial charge in [0.1, 0.15) is 0 Å². The SMILES string of the molecule is CC/C=C\C/C=C\C/C=C\C/C=C\C/C=C\CC(=O)NC(COP(=O)(O)OCCN)C(O)/C=C/CC/C=C/CC/C=C/CCCCCCCCCCCCC. The van der Waals surface area contributed by atoms with E-state index in [9.17, 15) is 19.4 Å². The number of hydrogen-bond donors (Lipinski definition) is 4. The normalized spacial score (nSPS) is 15.1. The maximum atomic E-state index is 12.7. The van der Waals surface area contributed by atoms with Crippen LogP contribution in [0.2, 0.25) is 0 Å². The highest BCUT2D eigenvalue weighted by molar-refractivity contribution is 7.47. The van der Waals surface area contributed by atoms with E-state index in [4.69, 9.17) is 14.8 Å². The summed E-state index contributed by atoms with van der Waals surface area (Å²) in [6.45, 7) is 3.89. The molecule has 0 aliphatic rings. The molecule has 0 rings (SSSR count). The standard InChI is InChI=1S/C46H79N2O6P/c1-3-5-7-9-11-13-15-17-19-20-21-22-23-24-26-27-29-31-33-35-37-39-45(49)44(43-54-55(51,52)53-42-41-47)48-46(50)40-38-36-34-32-30-28-25-18-16-14-12-10-8-6-4-2/h6,8,12,14,18,23-25,29-32,36-39,44-45,49H,3-5,7,9-11,13,15-17,19-22,26-28,33-35,40-43,47H2,1-2H3,(H,48,50)(H,51,52)/b8-6-,14-12-,24-23+,25-18-,31-29+,32-30-,38-36-,39-37+. The second-order valence-electron chi connectivity index (χ2n) is 13.8. The van der Waals surface area contributed by atoms with Crippen LogP contribution in [0.25, 0.3) is 0 Å². The minimum absolute atomic E-state index is 0.0529. The number of nitrogens with two attached hydrogens (primary N) is 1. The van der Waals surface area contributed by atoms with E-state index in [-0.39, 0.29) is 25.5 Å². The van der Waals surface area contributed by atoms with Crippen LogP contribution in [0.5, 0.6) is 0 Å². The molecule has 0 aromatic rings. The molecule has 0 fully saturated rings. The van der Waals surface area contributed by atoms with E-state index in [1.54, 1.807) is 12.2 Å². The van der Waals surface area contributed by atoms with Gasteiger partial charge in [0, 0.05) is 13.0 Å². The fourth-order valence-corrected chi connectivity index (χ4v) is 6.22. The molecule has 1 amide bonds. The zero-order chi connectivity index (χ0) is 40.3. The van der Waals surface area contributed by atoms with Crippen molar-refractivity contribution in [2.24, 2.45) is 5.73 Å². The fourth-order valence-electron chi connectivity index (χ4n) is 5.46. The number of phosphoric acid groups is 1. The molecule has 8 nitrogen and oxygen atoms in total. The predicted molar refractivity (Wildman–Crippen MR) is 235 cm³/mol. The number of carbonyl (C=O) groups is 1. The molecular weight excluding hydrogens is 707 g/mol. The lowest BCUT2D eigenvalue weighted by Gasteiger charge is -2.23. The molecule has 5 N–H and O–H groups in total. The summed E-state index contributed by atoms with van der Waals surface area (Å²) < 4.78 is 22.0. The summed E-state index contributed by atoms with van der Waals surface area (Å²) in [6, 6.07) is -0.944. The quantitative estimate of drug-likeness (QED) is 0.0278. The summed E-state index contributed by atoms with van der Waals surface area (Å²) in [6.07, 6.45) is 56.4. The van der Waals surface area contributed by atoms with Gasteiger partial charge >= 0.3 is 7.82 Å². The third-order valence-corrected chi connectivity index (χ3v) is 9.63. The van der Waals surface area contributed by atoms with E-state index in [0.29, 0.717) is 12.8 Å². The summed E-state index contributed by atoms with van der Waals surface area (Å²) >= 11 is 0. The Hall–Kier alpha value is -2.58. The molecule has 0 bridgehead atoms. The molecule has 314 valence electrons. The van der Waals surface area contributed by atoms with Gasteiger partial charge < -0.3 is 21.1 Å². The Balaban J connectivity index is 4.44. The fraction of sp³-hybridized carbons (Fsp3) is 0.630. The van der Waals surface area contributed by atoms with Crippen molar-refractivity contribution in [3.63, 3.8) is 0 Å². The first kappa shape index (κ1) is 52.4. The third-order valence-electron chi connectivity index (χ3n) is 8.65. The topological polar surface area (TPSA) is 131 Å². The highest BCUT2D eigenvalue weighted by atomic mass is 31.2. The number of carbonyl (C=O) groups excluding carboxylic acids is 1. The molecular formula is C46H79N2O6P. The van der Waals surface area contributed by atoms with Gasteiger partial charge in [-0.1, -0.05) is 175 Å². The van der Waals surface area contributed by atoms with Crippen molar-refractivity contribution in [2.75, 3.05) is 19.8 Å². The van der Waals surface area contributed by atoms with Gasteiger partial charge in [-0.3, -0.25) is 13.8 Å². The minimum atomic E-state index is -4.38. The largest absolute Gasteiger partial charge is 0.472 e. The van der Waals surface area contributed by atoms with Gasteiger partial charge in [-0.05, 0) is 70.6 Å². The second-order valence-corrected chi connectivity index (χ2v) is 15.3. The Morgan fingerprint density at radius 2 is 1.07 bits per heavy atom. The van der Waals surface area contributed by atoms with Crippen LogP contribution in [0.15, 0.2) is 97.2 Å². The van der Waals surface area contributed by atoms with E-state index < -0.39 is 26.6 Å². The average Bonchev–Trinajstić information content (AvgIpc) is 3.17. The summed E-state index contributed by atoms with van der Waals surface area (Å²) in [5.41, 5.74) is 5.36. The molecule has 0 spiro atoms. The lowest BCUT2D eigenvalue weighted by Crippen LogP contribution is -2.45. The molecule has 0 heterocycles. The number of hydrogen-bond acceptors (Lipinski definition) is 6. The van der Waals surface area contributed by atoms with Crippen LogP contribution in [0.4, 0.5) is 0 Å². The minimum Gasteiger partial charge on any atom is -0.387 e. The molecule has 0 radical (unpaired) electrons. The summed E-state index contributed by atoms with van der Waals surface area (Å²) in [7, 11) is -4.38. The van der Waals surface area contributed by atoms with E-state index in [1.807, 2.05) is 18.2 Å². The van der Waals surface area contributed by atoms with Gasteiger partial charge in [-0.15, -0.1) is 0 Å². The Kier molecular flexibility index (Phi) is 39.1. The van der Waals surface area contributed by atoms with Gasteiger partial charge in [-0.25, -0.2) is 4.57 Å². The van der Waals surface area contributed by atoms with Gasteiger partial charge in [0.25, 0.3) is 0 Å². The van der Waals surface area contributed by atoms with Crippen LogP contribution in [-0.4, -0.2) is 47.8 Å². The van der Waals surface area contributed by atoms with Crippen LogP contribution < -0.4 is 11.1 Å². The van der Waals surface area contributed by atoms with Crippen molar-refractivity contribution >= 4 is 13.7 Å². The van der Waals surface area contributed by atoms with E-state index in [2.05, 4.69) is 86.0 Å². The highest BCUT2D eigenvalue weighted by Gasteiger charge is 2.26. The molecule has 0 aromatic heterocycles. The van der Waals surface area contributed by atoms with Gasteiger partial charge in [0.05, 0.1) is 25.4 Å². The van der Waals surface area contributed by atoms with Crippen molar-refractivity contribution in [1.82, 2.24) is 5.32 Å². The molecule has 0 saturated carbocycles. The third kappa shape index (κ3) is 39.5. The molecule has 0 aromatic carbocycles. The zero-order valence-electron chi connectivity index (χ0n) is 34.6. The smallest absolute Gasteiger partial charge is 0.387 e. The number of aliphatic hydroxyl groups excluding tert-OH is 1. The first-order chi connectivity index (χ1) is 26.9. The summed E-state index contributed by atoms with van der Waals surface area (Å²) in [4.78, 5) is 22.6. The summed E-state index contributed by atoms with van der Waals surface area (Å²) in [5.74, 6) is -0.339. The monoisotopic (exact) mass is 787 g/mol. The van der Waals surface area contributed by atoms with Gasteiger partial charge in [-0.2, -0.15) is 0 Å². The second kappa shape index (κ2) is 41.1. The van der Waals surface area contributed by atoms with Crippen molar-refractivity contribution in [3.8, 4) is 0 Å². The number of amides is 1. The van der Waals surface area contributed by atoms with Crippen LogP contribution in [0.1, 0.15) is 155 Å². The molecule has 3 unspecified atom stereocenters. The van der Waals surface area contributed by atoms with Crippen LogP contribution in [0, 0.1) is 0 Å². The van der Waals surface area contributed by atoms with E-state index in [1.165, 1.54) is 77.0 Å². The lowest BCUT2D eigenvalue weighted by molar-refractivity contribution is -0.122. The molecule has 0 saturated heterocycles. The molecule has 0 aliphatic heterocycles. The predicted octanol–water partition coefficient (Wildman–Crippen LogP) is 12.0. The number of unbranched alkanes of at least 4 members (excludes halogenated alkanes) is 13. The number of nitrogens with one attached hydrogen (secondary N) is 1. The molecule has 0 aliphatic carbocycles. The first-order valence-electron chi connectivity index (χ1n) is 21.4. The Bertz CT molecular complexity index is 1170. The zero-order valence-corrected chi connectivity index (χ0v) is 35.5. The number of allylic oxidation sites excluding steroid dienone is 14. The van der Waals surface area contributed by atoms with Crippen molar-refractivity contribution in [1.29, 1.82) is 0 Å². The van der Waals surface area contributed by atoms with Gasteiger partial charge in [0.2, 0.25) is 5.91 Å². The van der Waals surface area contributed by atoms with E-state index >= 15 is 0 Å². The van der Waals surface area contributed by atoms with Crippen molar-refractivity contribution in [3.05, 3.63) is 97.2 Å². The average molecular weight is 787 g/mol. The Morgan fingerprint density at radius 1 is 0.618 bits per heavy atom. The lowest BCUT2D eigenvalue weighted by atomic mass is 10.1. The Morgan fingerprint density at radius 3 is 1.58 bits per heavy atom. The van der Waals surface area contributed by atoms with Crippen molar-refractivity contribution in [2.45, 2.75) is 167 Å². The maximum absolute atomic E-state index is 12.7. The van der Waals surface area contributed by atoms with Crippen LogP contribution in [0.3, 0.4) is 0 Å². The highest BCUT2D eigenvalue weighted by Crippen LogP contribution is 2.43. The number of rotatable bonds is 38. The van der Waals surface area contributed by atoms with Crippen LogP contribution in [-0.2, 0) is 18.4 Å². The Labute approximate surface area is 336 Å². The first-order valence-corrected chi connectivity index (χ1v) is 22.9. The molecule has 9 heteroatoms. The number of aliphatic hydroxyl groups is 1. The maximum Gasteiger partial charge on any atom is 0.472 e. The molecule has 3 atom stereocenters. The van der Waals surface area contributed by atoms with E-state index in [0.717, 1.165) is 44.9 Å². The number of phosphoric ester groups is 1. The van der Waals surface area contributed by atoms with Crippen molar-refractivity contribution < 1.29 is 28.4 Å².